The largest absolute Gasteiger partial charge is 0.481 e. The molecule has 0 saturated carbocycles. The number of thiazole rings is 1. The van der Waals surface area contributed by atoms with Crippen molar-refractivity contribution in [3.63, 3.8) is 0 Å². The highest BCUT2D eigenvalue weighted by atomic mass is 35.5. The van der Waals surface area contributed by atoms with Crippen LogP contribution in [0.15, 0.2) is 35.8 Å². The lowest BCUT2D eigenvalue weighted by Gasteiger charge is -2.11. The normalized spacial score (nSPS) is 12.3. The van der Waals surface area contributed by atoms with Crippen LogP contribution in [0.4, 0.5) is 0 Å². The molecular weight excluding hydrogens is 258 g/mol. The SMILES string of the molecule is O=C(O)C(Cc1nccs1)c1ccc(Cl)cc1. The van der Waals surface area contributed by atoms with Gasteiger partial charge in [0.05, 0.1) is 10.9 Å². The van der Waals surface area contributed by atoms with E-state index in [1.54, 1.807) is 30.5 Å². The number of nitrogens with zero attached hydrogens (tertiary/aromatic N) is 1. The topological polar surface area (TPSA) is 50.2 Å². The third kappa shape index (κ3) is 3.05. The molecule has 0 aliphatic rings. The fourth-order valence-electron chi connectivity index (χ4n) is 1.57. The molecule has 0 aliphatic heterocycles. The summed E-state index contributed by atoms with van der Waals surface area (Å²) >= 11 is 7.25. The van der Waals surface area contributed by atoms with E-state index in [1.165, 1.54) is 11.3 Å². The van der Waals surface area contributed by atoms with E-state index < -0.39 is 11.9 Å². The van der Waals surface area contributed by atoms with Crippen LogP contribution >= 0.6 is 22.9 Å². The lowest BCUT2D eigenvalue weighted by atomic mass is 9.96. The molecule has 1 N–H and O–H groups in total. The van der Waals surface area contributed by atoms with Gasteiger partial charge in [-0.05, 0) is 17.7 Å². The lowest BCUT2D eigenvalue weighted by Crippen LogP contribution is -2.14. The number of halogens is 1. The monoisotopic (exact) mass is 267 g/mol. The highest BCUT2D eigenvalue weighted by Crippen LogP contribution is 2.23. The summed E-state index contributed by atoms with van der Waals surface area (Å²) in [6, 6.07) is 6.90. The summed E-state index contributed by atoms with van der Waals surface area (Å²) in [5.41, 5.74) is 0.747. The molecule has 88 valence electrons. The van der Waals surface area contributed by atoms with Crippen LogP contribution in [-0.2, 0) is 11.2 Å². The fraction of sp³-hybridized carbons (Fsp3) is 0.167. The third-order valence-corrected chi connectivity index (χ3v) is 3.49. The average Bonchev–Trinajstić information content (AvgIpc) is 2.80. The predicted octanol–water partition coefficient (Wildman–Crippen LogP) is 3.21. The van der Waals surface area contributed by atoms with Gasteiger partial charge in [0.1, 0.15) is 0 Å². The van der Waals surface area contributed by atoms with Crippen molar-refractivity contribution in [1.29, 1.82) is 0 Å². The Hall–Kier alpha value is -1.39. The van der Waals surface area contributed by atoms with Gasteiger partial charge < -0.3 is 5.11 Å². The van der Waals surface area contributed by atoms with Crippen LogP contribution in [0, 0.1) is 0 Å². The second-order valence-corrected chi connectivity index (χ2v) is 4.99. The van der Waals surface area contributed by atoms with Crippen molar-refractivity contribution in [2.75, 3.05) is 0 Å². The lowest BCUT2D eigenvalue weighted by molar-refractivity contribution is -0.138. The van der Waals surface area contributed by atoms with Gasteiger partial charge >= 0.3 is 5.97 Å². The number of hydrogen-bond acceptors (Lipinski definition) is 3. The van der Waals surface area contributed by atoms with Gasteiger partial charge in [0, 0.05) is 23.0 Å². The van der Waals surface area contributed by atoms with Crippen LogP contribution < -0.4 is 0 Å². The number of hydrogen-bond donors (Lipinski definition) is 1. The maximum absolute atomic E-state index is 11.3. The maximum Gasteiger partial charge on any atom is 0.311 e. The molecule has 17 heavy (non-hydrogen) atoms. The highest BCUT2D eigenvalue weighted by Gasteiger charge is 2.21. The zero-order valence-electron chi connectivity index (χ0n) is 8.84. The van der Waals surface area contributed by atoms with Crippen LogP contribution in [-0.4, -0.2) is 16.1 Å². The van der Waals surface area contributed by atoms with E-state index in [1.807, 2.05) is 5.38 Å². The average molecular weight is 268 g/mol. The first-order valence-corrected chi connectivity index (χ1v) is 6.29. The molecule has 0 saturated heterocycles. The molecule has 5 heteroatoms. The predicted molar refractivity (Wildman–Crippen MR) is 67.6 cm³/mol. The van der Waals surface area contributed by atoms with E-state index >= 15 is 0 Å². The van der Waals surface area contributed by atoms with Crippen molar-refractivity contribution >= 4 is 28.9 Å². The van der Waals surface area contributed by atoms with E-state index in [0.717, 1.165) is 10.6 Å². The Morgan fingerprint density at radius 2 is 2.12 bits per heavy atom. The van der Waals surface area contributed by atoms with Gasteiger partial charge in [0.25, 0.3) is 0 Å². The summed E-state index contributed by atoms with van der Waals surface area (Å²) in [7, 11) is 0. The molecule has 1 aromatic heterocycles. The van der Waals surface area contributed by atoms with Gasteiger partial charge in [-0.25, -0.2) is 4.98 Å². The Bertz CT molecular complexity index is 496. The standard InChI is InChI=1S/C12H10ClNO2S/c13-9-3-1-8(2-4-9)10(12(15)16)7-11-14-5-6-17-11/h1-6,10H,7H2,(H,15,16). The van der Waals surface area contributed by atoms with Crippen LogP contribution in [0.5, 0.6) is 0 Å². The molecule has 0 spiro atoms. The molecule has 0 radical (unpaired) electrons. The third-order valence-electron chi connectivity index (χ3n) is 2.43. The minimum Gasteiger partial charge on any atom is -0.481 e. The van der Waals surface area contributed by atoms with Crippen molar-refractivity contribution in [3.05, 3.63) is 51.4 Å². The molecule has 1 heterocycles. The Morgan fingerprint density at radius 1 is 1.41 bits per heavy atom. The molecule has 1 atom stereocenters. The zero-order valence-corrected chi connectivity index (χ0v) is 10.4. The molecule has 1 aromatic carbocycles. The number of rotatable bonds is 4. The van der Waals surface area contributed by atoms with Crippen molar-refractivity contribution in [2.24, 2.45) is 0 Å². The van der Waals surface area contributed by atoms with Crippen LogP contribution in [0.2, 0.25) is 5.02 Å². The molecule has 0 amide bonds. The highest BCUT2D eigenvalue weighted by molar-refractivity contribution is 7.09. The van der Waals surface area contributed by atoms with Crippen molar-refractivity contribution in [2.45, 2.75) is 12.3 Å². The molecule has 1 unspecified atom stereocenters. The quantitative estimate of drug-likeness (QED) is 0.925. The molecular formula is C12H10ClNO2S. The molecule has 0 aliphatic carbocycles. The molecule has 0 bridgehead atoms. The van der Waals surface area contributed by atoms with Gasteiger partial charge in [0.2, 0.25) is 0 Å². The van der Waals surface area contributed by atoms with Crippen LogP contribution in [0.1, 0.15) is 16.5 Å². The smallest absolute Gasteiger partial charge is 0.311 e. The number of carboxylic acid groups (broad SMARTS) is 1. The number of aliphatic carboxylic acids is 1. The fourth-order valence-corrected chi connectivity index (χ4v) is 2.36. The van der Waals surface area contributed by atoms with Gasteiger partial charge in [-0.3, -0.25) is 4.79 Å². The molecule has 2 aromatic rings. The van der Waals surface area contributed by atoms with Crippen LogP contribution in [0.25, 0.3) is 0 Å². The van der Waals surface area contributed by atoms with E-state index in [4.69, 9.17) is 11.6 Å². The van der Waals surface area contributed by atoms with Crippen molar-refractivity contribution < 1.29 is 9.90 Å². The Balaban J connectivity index is 2.23. The van der Waals surface area contributed by atoms with Gasteiger partial charge in [-0.2, -0.15) is 0 Å². The molecule has 2 rings (SSSR count). The first-order valence-electron chi connectivity index (χ1n) is 5.03. The molecule has 3 nitrogen and oxygen atoms in total. The Morgan fingerprint density at radius 3 is 2.65 bits per heavy atom. The number of carbonyl (C=O) groups is 1. The summed E-state index contributed by atoms with van der Waals surface area (Å²) < 4.78 is 0. The minimum absolute atomic E-state index is 0.411. The first-order chi connectivity index (χ1) is 8.16. The first kappa shape index (κ1) is 12.1. The van der Waals surface area contributed by atoms with Crippen molar-refractivity contribution in [1.82, 2.24) is 4.98 Å². The van der Waals surface area contributed by atoms with Crippen molar-refractivity contribution in [3.8, 4) is 0 Å². The summed E-state index contributed by atoms with van der Waals surface area (Å²) in [6.07, 6.45) is 2.09. The van der Waals surface area contributed by atoms with E-state index in [0.29, 0.717) is 11.4 Å². The van der Waals surface area contributed by atoms with E-state index in [2.05, 4.69) is 4.98 Å². The zero-order chi connectivity index (χ0) is 12.3. The van der Waals surface area contributed by atoms with E-state index in [-0.39, 0.29) is 0 Å². The van der Waals surface area contributed by atoms with Gasteiger partial charge in [-0.1, -0.05) is 23.7 Å². The second-order valence-electron chi connectivity index (χ2n) is 3.57. The van der Waals surface area contributed by atoms with Gasteiger partial charge in [0.15, 0.2) is 0 Å². The minimum atomic E-state index is -0.845. The van der Waals surface area contributed by atoms with E-state index in [9.17, 15) is 9.90 Å². The summed E-state index contributed by atoms with van der Waals surface area (Å²) in [5.74, 6) is -1.42. The Labute approximate surface area is 108 Å². The Kier molecular flexibility index (Phi) is 3.76. The molecule has 0 fully saturated rings. The second kappa shape index (κ2) is 5.29. The summed E-state index contributed by atoms with van der Waals surface area (Å²) in [5, 5.41) is 12.5. The number of carboxylic acids is 1. The maximum atomic E-state index is 11.3. The van der Waals surface area contributed by atoms with Gasteiger partial charge in [-0.15, -0.1) is 11.3 Å². The summed E-state index contributed by atoms with van der Waals surface area (Å²) in [4.78, 5) is 15.4. The number of benzene rings is 1. The summed E-state index contributed by atoms with van der Waals surface area (Å²) in [6.45, 7) is 0. The van der Waals surface area contributed by atoms with Crippen LogP contribution in [0.3, 0.4) is 0 Å². The number of aromatic nitrogens is 1.